The molecule has 0 nitrogen and oxygen atoms in total. The molecule has 1 heteroatoms. The molecule has 96 valence electrons. The molecule has 17 heavy (non-hydrogen) atoms. The minimum atomic E-state index is 0.436. The number of rotatable bonds is 7. The van der Waals surface area contributed by atoms with Crippen LogP contribution in [0, 0.1) is 0 Å². The molecule has 0 saturated heterocycles. The molecule has 1 rings (SSSR count). The highest BCUT2D eigenvalue weighted by molar-refractivity contribution is 7.98. The van der Waals surface area contributed by atoms with Gasteiger partial charge in [-0.3, -0.25) is 0 Å². The summed E-state index contributed by atoms with van der Waals surface area (Å²) < 4.78 is 0. The SMILES string of the molecule is CCC(CC)[S+](c1ccccc1)C(CC)CC. The van der Waals surface area contributed by atoms with E-state index in [9.17, 15) is 0 Å². The first-order valence-electron chi connectivity index (χ1n) is 7.05. The first-order valence-corrected chi connectivity index (χ1v) is 8.40. The molecule has 0 aliphatic carbocycles. The molecule has 0 atom stereocenters. The summed E-state index contributed by atoms with van der Waals surface area (Å²) in [6.45, 7) is 9.39. The molecule has 0 bridgehead atoms. The van der Waals surface area contributed by atoms with Crippen molar-refractivity contribution in [1.29, 1.82) is 0 Å². The lowest BCUT2D eigenvalue weighted by Crippen LogP contribution is -2.31. The summed E-state index contributed by atoms with van der Waals surface area (Å²) >= 11 is 0. The molecule has 1 aromatic rings. The quantitative estimate of drug-likeness (QED) is 0.595. The maximum Gasteiger partial charge on any atom is 0.155 e. The molecule has 0 N–H and O–H groups in total. The van der Waals surface area contributed by atoms with Gasteiger partial charge < -0.3 is 0 Å². The van der Waals surface area contributed by atoms with Crippen molar-refractivity contribution < 1.29 is 0 Å². The van der Waals surface area contributed by atoms with Crippen LogP contribution >= 0.6 is 0 Å². The average molecular weight is 251 g/mol. The van der Waals surface area contributed by atoms with Gasteiger partial charge in [0.25, 0.3) is 0 Å². The van der Waals surface area contributed by atoms with E-state index >= 15 is 0 Å². The lowest BCUT2D eigenvalue weighted by molar-refractivity contribution is 0.734. The van der Waals surface area contributed by atoms with Gasteiger partial charge >= 0.3 is 0 Å². The highest BCUT2D eigenvalue weighted by atomic mass is 32.2. The molecule has 0 amide bonds. The Kier molecular flexibility index (Phi) is 6.72. The van der Waals surface area contributed by atoms with Crippen molar-refractivity contribution in [1.82, 2.24) is 0 Å². The Balaban J connectivity index is 3.01. The van der Waals surface area contributed by atoms with Crippen molar-refractivity contribution in [2.24, 2.45) is 0 Å². The predicted octanol–water partition coefficient (Wildman–Crippen LogP) is 5.04. The number of hydrogen-bond donors (Lipinski definition) is 0. The van der Waals surface area contributed by atoms with Gasteiger partial charge in [0.1, 0.15) is 10.5 Å². The van der Waals surface area contributed by atoms with Gasteiger partial charge in [-0.25, -0.2) is 0 Å². The zero-order chi connectivity index (χ0) is 12.7. The molecule has 0 saturated carbocycles. The van der Waals surface area contributed by atoms with E-state index in [1.165, 1.54) is 25.7 Å². The molecule has 0 radical (unpaired) electrons. The third kappa shape index (κ3) is 3.77. The van der Waals surface area contributed by atoms with Crippen LogP contribution in [-0.4, -0.2) is 10.5 Å². The molecule has 0 unspecified atom stereocenters. The molecular weight excluding hydrogens is 224 g/mol. The van der Waals surface area contributed by atoms with Gasteiger partial charge in [-0.2, -0.15) is 0 Å². The summed E-state index contributed by atoms with van der Waals surface area (Å²) in [5.74, 6) is 0. The third-order valence-corrected chi connectivity index (χ3v) is 7.14. The largest absolute Gasteiger partial charge is 0.155 e. The number of hydrogen-bond acceptors (Lipinski definition) is 0. The van der Waals surface area contributed by atoms with E-state index in [1.54, 1.807) is 4.90 Å². The third-order valence-electron chi connectivity index (χ3n) is 3.55. The van der Waals surface area contributed by atoms with Gasteiger partial charge in [0.2, 0.25) is 0 Å². The molecule has 1 aromatic carbocycles. The minimum Gasteiger partial charge on any atom is -0.0619 e. The first kappa shape index (κ1) is 14.6. The topological polar surface area (TPSA) is 0 Å². The summed E-state index contributed by atoms with van der Waals surface area (Å²) in [7, 11) is 0.436. The maximum atomic E-state index is 2.35. The zero-order valence-corrected chi connectivity index (χ0v) is 12.6. The summed E-state index contributed by atoms with van der Waals surface area (Å²) in [5, 5.41) is 1.73. The van der Waals surface area contributed by atoms with E-state index in [4.69, 9.17) is 0 Å². The highest BCUT2D eigenvalue weighted by Crippen LogP contribution is 2.30. The average Bonchev–Trinajstić information content (AvgIpc) is 2.40. The maximum absolute atomic E-state index is 2.35. The molecule has 0 fully saturated rings. The van der Waals surface area contributed by atoms with E-state index in [1.807, 2.05) is 0 Å². The second-order valence-corrected chi connectivity index (χ2v) is 7.11. The molecule has 0 aliphatic rings. The molecule has 0 spiro atoms. The Morgan fingerprint density at radius 3 is 1.53 bits per heavy atom. The van der Waals surface area contributed by atoms with Crippen molar-refractivity contribution in [2.75, 3.05) is 0 Å². The van der Waals surface area contributed by atoms with Gasteiger partial charge in [-0.05, 0) is 37.8 Å². The van der Waals surface area contributed by atoms with E-state index in [2.05, 4.69) is 58.0 Å². The van der Waals surface area contributed by atoms with Crippen LogP contribution in [0.1, 0.15) is 53.4 Å². The van der Waals surface area contributed by atoms with E-state index in [0.29, 0.717) is 10.9 Å². The van der Waals surface area contributed by atoms with Crippen LogP contribution < -0.4 is 0 Å². The summed E-state index contributed by atoms with van der Waals surface area (Å²) in [5.41, 5.74) is 0. The normalized spacial score (nSPS) is 11.7. The minimum absolute atomic E-state index is 0.436. The van der Waals surface area contributed by atoms with Gasteiger partial charge in [0.05, 0.1) is 0 Å². The Morgan fingerprint density at radius 2 is 1.18 bits per heavy atom. The monoisotopic (exact) mass is 251 g/mol. The van der Waals surface area contributed by atoms with Crippen LogP contribution in [0.15, 0.2) is 35.2 Å². The van der Waals surface area contributed by atoms with Crippen molar-refractivity contribution in [2.45, 2.75) is 68.8 Å². The Morgan fingerprint density at radius 1 is 0.765 bits per heavy atom. The summed E-state index contributed by atoms with van der Waals surface area (Å²) in [6.07, 6.45) is 5.24. The predicted molar refractivity (Wildman–Crippen MR) is 80.8 cm³/mol. The van der Waals surface area contributed by atoms with E-state index in [0.717, 1.165) is 10.5 Å². The van der Waals surface area contributed by atoms with Crippen molar-refractivity contribution in [3.63, 3.8) is 0 Å². The van der Waals surface area contributed by atoms with E-state index < -0.39 is 0 Å². The highest BCUT2D eigenvalue weighted by Gasteiger charge is 2.36. The summed E-state index contributed by atoms with van der Waals surface area (Å²) in [6, 6.07) is 11.2. The Bertz CT molecular complexity index is 274. The van der Waals surface area contributed by atoms with Gasteiger partial charge in [-0.1, -0.05) is 45.9 Å². The first-order chi connectivity index (χ1) is 8.28. The van der Waals surface area contributed by atoms with Crippen LogP contribution in [0.4, 0.5) is 0 Å². The number of benzene rings is 1. The fourth-order valence-electron chi connectivity index (χ4n) is 2.53. The zero-order valence-electron chi connectivity index (χ0n) is 11.8. The Hall–Kier alpha value is -0.430. The lowest BCUT2D eigenvalue weighted by Gasteiger charge is -2.23. The van der Waals surface area contributed by atoms with Gasteiger partial charge in [-0.15, -0.1) is 0 Å². The molecule has 0 heterocycles. The van der Waals surface area contributed by atoms with E-state index in [-0.39, 0.29) is 0 Å². The van der Waals surface area contributed by atoms with Crippen molar-refractivity contribution in [3.05, 3.63) is 30.3 Å². The smallest absolute Gasteiger partial charge is 0.0619 e. The van der Waals surface area contributed by atoms with Crippen molar-refractivity contribution >= 4 is 10.9 Å². The van der Waals surface area contributed by atoms with Crippen LogP contribution in [0.3, 0.4) is 0 Å². The second-order valence-electron chi connectivity index (χ2n) is 4.56. The van der Waals surface area contributed by atoms with Crippen LogP contribution in [0.2, 0.25) is 0 Å². The standard InChI is InChI=1S/C16H27S/c1-5-14(6-2)17(15(7-3)8-4)16-12-10-9-11-13-16/h9-15H,5-8H2,1-4H3/q+1. The fourth-order valence-corrected chi connectivity index (χ4v) is 5.75. The second kappa shape index (κ2) is 7.81. The lowest BCUT2D eigenvalue weighted by atomic mass is 10.2. The molecule has 0 aliphatic heterocycles. The Labute approximate surface area is 110 Å². The van der Waals surface area contributed by atoms with Crippen LogP contribution in [0.25, 0.3) is 0 Å². The van der Waals surface area contributed by atoms with Gasteiger partial charge in [0.15, 0.2) is 4.90 Å². The summed E-state index contributed by atoms with van der Waals surface area (Å²) in [4.78, 5) is 1.58. The fraction of sp³-hybridized carbons (Fsp3) is 0.625. The molecule has 0 aromatic heterocycles. The van der Waals surface area contributed by atoms with Crippen LogP contribution in [0.5, 0.6) is 0 Å². The van der Waals surface area contributed by atoms with Gasteiger partial charge in [0, 0.05) is 10.9 Å². The van der Waals surface area contributed by atoms with Crippen LogP contribution in [-0.2, 0) is 10.9 Å². The van der Waals surface area contributed by atoms with Crippen molar-refractivity contribution in [3.8, 4) is 0 Å². The molecular formula is C16H27S+.